The average Bonchev–Trinajstić information content (AvgIpc) is 3.06. The molecule has 1 saturated carbocycles. The Morgan fingerprint density at radius 2 is 1.90 bits per heavy atom. The minimum absolute atomic E-state index is 0.191. The fourth-order valence-corrected chi connectivity index (χ4v) is 7.07. The molecule has 0 heterocycles. The van der Waals surface area contributed by atoms with E-state index < -0.39 is 0 Å². The van der Waals surface area contributed by atoms with Crippen LogP contribution in [0.2, 0.25) is 0 Å². The topological polar surface area (TPSA) is 27.7 Å². The van der Waals surface area contributed by atoms with Gasteiger partial charge in [0.15, 0.2) is 6.29 Å². The number of methoxy groups -OCH3 is 2. The lowest BCUT2D eigenvalue weighted by Crippen LogP contribution is -2.47. The Kier molecular flexibility index (Phi) is 5.59. The van der Waals surface area contributed by atoms with Gasteiger partial charge in [-0.2, -0.15) is 0 Å². The van der Waals surface area contributed by atoms with Gasteiger partial charge in [-0.15, -0.1) is 0 Å². The summed E-state index contributed by atoms with van der Waals surface area (Å²) in [5.41, 5.74) is 4.78. The van der Waals surface area contributed by atoms with Crippen molar-refractivity contribution in [3.8, 4) is 0 Å². The second-order valence-corrected chi connectivity index (χ2v) is 9.85. The van der Waals surface area contributed by atoms with E-state index >= 15 is 0 Å². The van der Waals surface area contributed by atoms with Gasteiger partial charge in [0.25, 0.3) is 0 Å². The molecule has 0 aromatic carbocycles. The molecule has 0 aromatic rings. The zero-order valence-corrected chi connectivity index (χ0v) is 18.9. The first-order valence-corrected chi connectivity index (χ1v) is 11.4. The lowest BCUT2D eigenvalue weighted by atomic mass is 9.49. The van der Waals surface area contributed by atoms with E-state index in [0.29, 0.717) is 11.8 Å². The van der Waals surface area contributed by atoms with E-state index in [0.717, 1.165) is 37.4 Å². The molecule has 0 spiro atoms. The summed E-state index contributed by atoms with van der Waals surface area (Å²) in [5, 5.41) is 0. The Hall–Kier alpha value is -1.32. The normalized spacial score (nSPS) is 38.4. The van der Waals surface area contributed by atoms with Crippen molar-refractivity contribution in [1.29, 1.82) is 0 Å². The fourth-order valence-electron chi connectivity index (χ4n) is 7.07. The van der Waals surface area contributed by atoms with Crippen molar-refractivity contribution in [3.63, 3.8) is 0 Å². The van der Waals surface area contributed by atoms with Crippen LogP contribution in [0.1, 0.15) is 59.3 Å². The van der Waals surface area contributed by atoms with Crippen LogP contribution in [0.15, 0.2) is 47.3 Å². The highest BCUT2D eigenvalue weighted by Gasteiger charge is 2.55. The van der Waals surface area contributed by atoms with Crippen molar-refractivity contribution in [3.05, 3.63) is 47.3 Å². The third-order valence-corrected chi connectivity index (χ3v) is 8.65. The molecule has 3 nitrogen and oxygen atoms in total. The van der Waals surface area contributed by atoms with Crippen LogP contribution in [-0.4, -0.2) is 27.1 Å². The number of allylic oxidation sites excluding steroid dienone is 6. The Balaban J connectivity index is 1.61. The minimum Gasteiger partial charge on any atom is -0.498 e. The number of hydrogen-bond donors (Lipinski definition) is 0. The molecule has 0 N–H and O–H groups in total. The molecule has 0 unspecified atom stereocenters. The predicted molar refractivity (Wildman–Crippen MR) is 117 cm³/mol. The molecule has 0 bridgehead atoms. The van der Waals surface area contributed by atoms with Crippen molar-refractivity contribution in [2.75, 3.05) is 20.8 Å². The molecule has 160 valence electrons. The molecule has 5 atom stereocenters. The standard InChI is InChI=1S/C26H38O3/c1-7-29-19-12-14-25(3)18(16-19)8-9-20-22-11-10-21(17(2)24(27-5)28-6)26(22,4)15-13-23(20)25/h8,11,16,20-21,23-24H,2,7,9-10,12-15H2,1,3-6H3/t20-,21+,23-,25-,26+/m0/s1. The van der Waals surface area contributed by atoms with Gasteiger partial charge in [-0.25, -0.2) is 0 Å². The van der Waals surface area contributed by atoms with E-state index in [2.05, 4.69) is 45.6 Å². The van der Waals surface area contributed by atoms with E-state index in [1.54, 1.807) is 19.8 Å². The van der Waals surface area contributed by atoms with Crippen molar-refractivity contribution in [2.45, 2.75) is 65.6 Å². The molecule has 0 aromatic heterocycles. The maximum Gasteiger partial charge on any atom is 0.179 e. The van der Waals surface area contributed by atoms with Crippen LogP contribution < -0.4 is 0 Å². The predicted octanol–water partition coefficient (Wildman–Crippen LogP) is 6.19. The molecular weight excluding hydrogens is 360 g/mol. The Labute approximate surface area is 176 Å². The largest absolute Gasteiger partial charge is 0.498 e. The lowest BCUT2D eigenvalue weighted by molar-refractivity contribution is -0.0846. The molecule has 0 saturated heterocycles. The lowest BCUT2D eigenvalue weighted by Gasteiger charge is -2.55. The van der Waals surface area contributed by atoms with Gasteiger partial charge in [-0.05, 0) is 84.8 Å². The third kappa shape index (κ3) is 3.16. The number of rotatable bonds is 6. The van der Waals surface area contributed by atoms with Crippen molar-refractivity contribution in [1.82, 2.24) is 0 Å². The van der Waals surface area contributed by atoms with E-state index in [-0.39, 0.29) is 17.1 Å². The van der Waals surface area contributed by atoms with Gasteiger partial charge in [0.1, 0.15) is 0 Å². The summed E-state index contributed by atoms with van der Waals surface area (Å²) in [6.45, 7) is 12.2. The first-order valence-electron chi connectivity index (χ1n) is 11.4. The molecular formula is C26H38O3. The first kappa shape index (κ1) is 20.9. The van der Waals surface area contributed by atoms with Gasteiger partial charge in [0.05, 0.1) is 12.4 Å². The van der Waals surface area contributed by atoms with Crippen LogP contribution in [0.25, 0.3) is 0 Å². The van der Waals surface area contributed by atoms with Gasteiger partial charge in [-0.1, -0.05) is 38.2 Å². The maximum atomic E-state index is 5.86. The third-order valence-electron chi connectivity index (χ3n) is 8.65. The minimum atomic E-state index is -0.307. The van der Waals surface area contributed by atoms with Gasteiger partial charge >= 0.3 is 0 Å². The number of hydrogen-bond acceptors (Lipinski definition) is 3. The second kappa shape index (κ2) is 7.74. The maximum absolute atomic E-state index is 5.86. The van der Waals surface area contributed by atoms with Crippen LogP contribution in [0.5, 0.6) is 0 Å². The smallest absolute Gasteiger partial charge is 0.179 e. The van der Waals surface area contributed by atoms with Crippen LogP contribution >= 0.6 is 0 Å². The highest BCUT2D eigenvalue weighted by Crippen LogP contribution is 2.65. The fraction of sp³-hybridized carbons (Fsp3) is 0.692. The van der Waals surface area contributed by atoms with E-state index in [9.17, 15) is 0 Å². The summed E-state index contributed by atoms with van der Waals surface area (Å²) in [6.07, 6.45) is 14.1. The summed E-state index contributed by atoms with van der Waals surface area (Å²) < 4.78 is 17.0. The van der Waals surface area contributed by atoms with Gasteiger partial charge in [-0.3, -0.25) is 0 Å². The molecule has 4 aliphatic rings. The highest BCUT2D eigenvalue weighted by molar-refractivity contribution is 5.41. The van der Waals surface area contributed by atoms with Gasteiger partial charge < -0.3 is 14.2 Å². The summed E-state index contributed by atoms with van der Waals surface area (Å²) in [7, 11) is 3.42. The van der Waals surface area contributed by atoms with E-state index in [1.807, 2.05) is 0 Å². The summed E-state index contributed by atoms with van der Waals surface area (Å²) >= 11 is 0. The molecule has 0 aliphatic heterocycles. The van der Waals surface area contributed by atoms with Crippen LogP contribution in [-0.2, 0) is 14.2 Å². The molecule has 0 radical (unpaired) electrons. The molecule has 1 fully saturated rings. The Bertz CT molecular complexity index is 756. The number of ether oxygens (including phenoxy) is 3. The Morgan fingerprint density at radius 3 is 2.59 bits per heavy atom. The van der Waals surface area contributed by atoms with Crippen LogP contribution in [0, 0.1) is 28.6 Å². The average molecular weight is 399 g/mol. The van der Waals surface area contributed by atoms with Crippen LogP contribution in [0.3, 0.4) is 0 Å². The molecule has 4 rings (SSSR count). The highest BCUT2D eigenvalue weighted by atomic mass is 16.7. The first-order chi connectivity index (χ1) is 13.9. The molecule has 4 aliphatic carbocycles. The van der Waals surface area contributed by atoms with Crippen LogP contribution in [0.4, 0.5) is 0 Å². The monoisotopic (exact) mass is 398 g/mol. The number of fused-ring (bicyclic) bond motifs is 5. The molecule has 0 amide bonds. The van der Waals surface area contributed by atoms with Crippen molar-refractivity contribution >= 4 is 0 Å². The molecule has 29 heavy (non-hydrogen) atoms. The van der Waals surface area contributed by atoms with E-state index in [1.165, 1.54) is 30.6 Å². The zero-order chi connectivity index (χ0) is 20.8. The second-order valence-electron chi connectivity index (χ2n) is 9.85. The summed E-state index contributed by atoms with van der Waals surface area (Å²) in [6, 6.07) is 0. The molecule has 3 heteroatoms. The zero-order valence-electron chi connectivity index (χ0n) is 18.9. The van der Waals surface area contributed by atoms with E-state index in [4.69, 9.17) is 14.2 Å². The SMILES string of the molecule is C=C(C(OC)OC)[C@H]1CC=C2[C@@H]3CC=C4C=C(OCC)CC[C@]4(C)[C@H]3CC[C@@]21C. The summed E-state index contributed by atoms with van der Waals surface area (Å²) in [5.74, 6) is 2.98. The summed E-state index contributed by atoms with van der Waals surface area (Å²) in [4.78, 5) is 0. The Morgan fingerprint density at radius 1 is 1.14 bits per heavy atom. The quantitative estimate of drug-likeness (QED) is 0.394. The van der Waals surface area contributed by atoms with Crippen molar-refractivity contribution < 1.29 is 14.2 Å². The van der Waals surface area contributed by atoms with Gasteiger partial charge in [0, 0.05) is 20.6 Å². The van der Waals surface area contributed by atoms with Crippen molar-refractivity contribution in [2.24, 2.45) is 28.6 Å². The van der Waals surface area contributed by atoms with Gasteiger partial charge in [0.2, 0.25) is 0 Å².